The zero-order chi connectivity index (χ0) is 15.9. The van der Waals surface area contributed by atoms with E-state index in [1.54, 1.807) is 18.3 Å². The minimum atomic E-state index is -0.767. The number of ether oxygens (including phenoxy) is 1. The fraction of sp³-hybridized carbons (Fsp3) is 0.188. The maximum Gasteiger partial charge on any atom is 0.328 e. The normalized spacial score (nSPS) is 11.5. The number of aromatic nitrogens is 1. The Labute approximate surface area is 136 Å². The summed E-state index contributed by atoms with van der Waals surface area (Å²) in [5.74, 6) is -0.858. The van der Waals surface area contributed by atoms with Gasteiger partial charge in [0.25, 0.3) is 5.91 Å². The van der Waals surface area contributed by atoms with Crippen molar-refractivity contribution in [1.82, 2.24) is 10.3 Å². The second-order valence-corrected chi connectivity index (χ2v) is 5.44. The first-order chi connectivity index (χ1) is 10.6. The Morgan fingerprint density at radius 1 is 1.27 bits per heavy atom. The van der Waals surface area contributed by atoms with Gasteiger partial charge in [0.15, 0.2) is 0 Å². The molecule has 0 unspecified atom stereocenters. The highest BCUT2D eigenvalue weighted by atomic mass is 79.9. The van der Waals surface area contributed by atoms with E-state index in [0.717, 1.165) is 10.0 Å². The molecule has 0 radical (unpaired) electrons. The molecular formula is C16H15BrN2O3. The van der Waals surface area contributed by atoms with Crippen molar-refractivity contribution in [2.24, 2.45) is 0 Å². The highest BCUT2D eigenvalue weighted by molar-refractivity contribution is 9.10. The highest BCUT2D eigenvalue weighted by Gasteiger charge is 2.23. The number of nitrogens with one attached hydrogen (secondary N) is 1. The van der Waals surface area contributed by atoms with E-state index in [9.17, 15) is 9.59 Å². The van der Waals surface area contributed by atoms with Crippen LogP contribution in [-0.4, -0.2) is 30.0 Å². The molecule has 1 amide bonds. The van der Waals surface area contributed by atoms with Gasteiger partial charge < -0.3 is 10.1 Å². The molecule has 5 nitrogen and oxygen atoms in total. The predicted molar refractivity (Wildman–Crippen MR) is 85.4 cm³/mol. The number of esters is 1. The summed E-state index contributed by atoms with van der Waals surface area (Å²) >= 11 is 3.43. The predicted octanol–water partition coefficient (Wildman–Crippen LogP) is 2.36. The molecule has 0 aliphatic carbocycles. The lowest BCUT2D eigenvalue weighted by Gasteiger charge is -2.17. The van der Waals surface area contributed by atoms with Crippen LogP contribution in [0.15, 0.2) is 53.3 Å². The van der Waals surface area contributed by atoms with Crippen LogP contribution in [0, 0.1) is 0 Å². The summed E-state index contributed by atoms with van der Waals surface area (Å²) in [4.78, 5) is 28.0. The SMILES string of the molecule is COC(=O)[C@H](Cc1ccccc1Br)NC(=O)c1cccnc1. The first-order valence-corrected chi connectivity index (χ1v) is 7.43. The standard InChI is InChI=1S/C16H15BrN2O3/c1-22-16(21)14(9-11-5-2-3-7-13(11)17)19-15(20)12-6-4-8-18-10-12/h2-8,10,14H,9H2,1H3,(H,19,20)/t14-/m0/s1. The van der Waals surface area contributed by atoms with E-state index in [-0.39, 0.29) is 5.91 Å². The number of carbonyl (C=O) groups is 2. The molecule has 114 valence electrons. The van der Waals surface area contributed by atoms with E-state index in [1.165, 1.54) is 13.3 Å². The van der Waals surface area contributed by atoms with Crippen molar-refractivity contribution in [3.8, 4) is 0 Å². The number of halogens is 1. The van der Waals surface area contributed by atoms with Crippen molar-refractivity contribution in [3.63, 3.8) is 0 Å². The van der Waals surface area contributed by atoms with Gasteiger partial charge in [0.1, 0.15) is 6.04 Å². The number of carbonyl (C=O) groups excluding carboxylic acids is 2. The minimum absolute atomic E-state index is 0.333. The Hall–Kier alpha value is -2.21. The van der Waals surface area contributed by atoms with Crippen molar-refractivity contribution in [2.75, 3.05) is 7.11 Å². The number of hydrogen-bond donors (Lipinski definition) is 1. The second-order valence-electron chi connectivity index (χ2n) is 4.59. The first-order valence-electron chi connectivity index (χ1n) is 6.64. The summed E-state index contributed by atoms with van der Waals surface area (Å²) < 4.78 is 5.65. The van der Waals surface area contributed by atoms with E-state index < -0.39 is 12.0 Å². The van der Waals surface area contributed by atoms with Crippen molar-refractivity contribution < 1.29 is 14.3 Å². The number of rotatable bonds is 5. The van der Waals surface area contributed by atoms with Gasteiger partial charge in [-0.2, -0.15) is 0 Å². The average molecular weight is 363 g/mol. The summed E-state index contributed by atoms with van der Waals surface area (Å²) in [6.45, 7) is 0. The topological polar surface area (TPSA) is 68.3 Å². The summed E-state index contributed by atoms with van der Waals surface area (Å²) in [7, 11) is 1.30. The van der Waals surface area contributed by atoms with Crippen molar-refractivity contribution in [3.05, 3.63) is 64.4 Å². The Kier molecular flexibility index (Phi) is 5.66. The molecule has 1 aromatic heterocycles. The van der Waals surface area contributed by atoms with Crippen LogP contribution in [0.3, 0.4) is 0 Å². The third-order valence-corrected chi connectivity index (χ3v) is 3.87. The lowest BCUT2D eigenvalue weighted by atomic mass is 10.1. The van der Waals surface area contributed by atoms with Crippen molar-refractivity contribution >= 4 is 27.8 Å². The molecule has 6 heteroatoms. The fourth-order valence-corrected chi connectivity index (χ4v) is 2.40. The molecule has 22 heavy (non-hydrogen) atoms. The average Bonchev–Trinajstić information content (AvgIpc) is 2.56. The first kappa shape index (κ1) is 16.2. The van der Waals surface area contributed by atoms with Gasteiger partial charge in [-0.05, 0) is 23.8 Å². The Morgan fingerprint density at radius 2 is 2.05 bits per heavy atom. The quantitative estimate of drug-likeness (QED) is 0.829. The van der Waals surface area contributed by atoms with Crippen LogP contribution >= 0.6 is 15.9 Å². The number of benzene rings is 1. The summed E-state index contributed by atoms with van der Waals surface area (Å²) in [6, 6.07) is 10.1. The van der Waals surface area contributed by atoms with Gasteiger partial charge in [-0.15, -0.1) is 0 Å². The third-order valence-electron chi connectivity index (χ3n) is 3.10. The molecular weight excluding hydrogens is 348 g/mol. The maximum absolute atomic E-state index is 12.2. The molecule has 1 atom stereocenters. The highest BCUT2D eigenvalue weighted by Crippen LogP contribution is 2.18. The Balaban J connectivity index is 2.15. The van der Waals surface area contributed by atoms with Gasteiger partial charge >= 0.3 is 5.97 Å². The molecule has 0 saturated carbocycles. The van der Waals surface area contributed by atoms with Gasteiger partial charge in [0.05, 0.1) is 12.7 Å². The fourth-order valence-electron chi connectivity index (χ4n) is 1.96. The van der Waals surface area contributed by atoms with Crippen molar-refractivity contribution in [2.45, 2.75) is 12.5 Å². The van der Waals surface area contributed by atoms with Crippen LogP contribution in [0.2, 0.25) is 0 Å². The number of pyridine rings is 1. The zero-order valence-corrected chi connectivity index (χ0v) is 13.5. The van der Waals surface area contributed by atoms with E-state index in [0.29, 0.717) is 12.0 Å². The van der Waals surface area contributed by atoms with Crippen LogP contribution in [0.1, 0.15) is 15.9 Å². The van der Waals surface area contributed by atoms with Crippen LogP contribution in [0.25, 0.3) is 0 Å². The van der Waals surface area contributed by atoms with Gasteiger partial charge in [-0.1, -0.05) is 34.1 Å². The zero-order valence-electron chi connectivity index (χ0n) is 12.0. The molecule has 1 heterocycles. The summed E-state index contributed by atoms with van der Waals surface area (Å²) in [5, 5.41) is 2.69. The molecule has 1 N–H and O–H groups in total. The number of hydrogen-bond acceptors (Lipinski definition) is 4. The maximum atomic E-state index is 12.2. The van der Waals surface area contributed by atoms with Gasteiger partial charge in [0.2, 0.25) is 0 Å². The lowest BCUT2D eigenvalue weighted by molar-refractivity contribution is -0.142. The minimum Gasteiger partial charge on any atom is -0.467 e. The summed E-state index contributed by atoms with van der Waals surface area (Å²) in [5.41, 5.74) is 1.30. The van der Waals surface area contributed by atoms with Gasteiger partial charge in [-0.25, -0.2) is 4.79 Å². The molecule has 0 aliphatic rings. The smallest absolute Gasteiger partial charge is 0.328 e. The van der Waals surface area contributed by atoms with Gasteiger partial charge in [-0.3, -0.25) is 9.78 Å². The van der Waals surface area contributed by atoms with Gasteiger partial charge in [0, 0.05) is 23.3 Å². The molecule has 0 aliphatic heterocycles. The Morgan fingerprint density at radius 3 is 2.68 bits per heavy atom. The Bertz CT molecular complexity index is 661. The van der Waals surface area contributed by atoms with Crippen LogP contribution in [-0.2, 0) is 16.0 Å². The molecule has 0 fully saturated rings. The number of amides is 1. The van der Waals surface area contributed by atoms with E-state index >= 15 is 0 Å². The van der Waals surface area contributed by atoms with E-state index in [4.69, 9.17) is 4.74 Å². The van der Waals surface area contributed by atoms with Crippen molar-refractivity contribution in [1.29, 1.82) is 0 Å². The monoisotopic (exact) mass is 362 g/mol. The number of nitrogens with zero attached hydrogens (tertiary/aromatic N) is 1. The lowest BCUT2D eigenvalue weighted by Crippen LogP contribution is -2.43. The molecule has 0 saturated heterocycles. The molecule has 1 aromatic carbocycles. The number of methoxy groups -OCH3 is 1. The largest absolute Gasteiger partial charge is 0.467 e. The van der Waals surface area contributed by atoms with Crippen LogP contribution < -0.4 is 5.32 Å². The van der Waals surface area contributed by atoms with E-state index in [1.807, 2.05) is 24.3 Å². The molecule has 0 bridgehead atoms. The van der Waals surface area contributed by atoms with Crippen LogP contribution in [0.4, 0.5) is 0 Å². The van der Waals surface area contributed by atoms with E-state index in [2.05, 4.69) is 26.2 Å². The molecule has 0 spiro atoms. The second kappa shape index (κ2) is 7.70. The summed E-state index contributed by atoms with van der Waals surface area (Å²) in [6.07, 6.45) is 3.36. The van der Waals surface area contributed by atoms with Crippen LogP contribution in [0.5, 0.6) is 0 Å². The third kappa shape index (κ3) is 4.14. The molecule has 2 rings (SSSR count). The molecule has 2 aromatic rings.